The number of hydrogen-bond donors (Lipinski definition) is 3. The predicted molar refractivity (Wildman–Crippen MR) is 101 cm³/mol. The van der Waals surface area contributed by atoms with Crippen LogP contribution in [0.5, 0.6) is 0 Å². The summed E-state index contributed by atoms with van der Waals surface area (Å²) >= 11 is 0. The Kier molecular flexibility index (Phi) is 4.70. The van der Waals surface area contributed by atoms with Crippen molar-refractivity contribution in [1.29, 1.82) is 0 Å². The molecule has 0 amide bonds. The van der Waals surface area contributed by atoms with E-state index in [1.54, 1.807) is 20.0 Å². The molecule has 0 saturated carbocycles. The molecular formula is C19H21F3N6. The molecule has 1 fully saturated rings. The minimum atomic E-state index is -4.38. The lowest BCUT2D eigenvalue weighted by Crippen LogP contribution is -2.38. The topological polar surface area (TPSA) is 78.5 Å². The highest BCUT2D eigenvalue weighted by Gasteiger charge is 2.32. The normalized spacial score (nSPS) is 17.8. The van der Waals surface area contributed by atoms with Crippen molar-refractivity contribution in [2.24, 2.45) is 0 Å². The molecule has 6 nitrogen and oxygen atoms in total. The maximum atomic E-state index is 13.1. The molecule has 0 radical (unpaired) electrons. The van der Waals surface area contributed by atoms with Crippen LogP contribution in [0.4, 0.5) is 19.0 Å². The molecule has 2 aromatic heterocycles. The number of nitrogens with zero attached hydrogens (tertiary/aromatic N) is 3. The van der Waals surface area contributed by atoms with E-state index in [0.29, 0.717) is 33.7 Å². The van der Waals surface area contributed by atoms with E-state index in [4.69, 9.17) is 0 Å². The van der Waals surface area contributed by atoms with Crippen molar-refractivity contribution >= 4 is 16.7 Å². The predicted octanol–water partition coefficient (Wildman–Crippen LogP) is 3.82. The number of aromatic nitrogens is 4. The van der Waals surface area contributed by atoms with Crippen LogP contribution < -0.4 is 10.6 Å². The third-order valence-electron chi connectivity index (χ3n) is 5.12. The van der Waals surface area contributed by atoms with Gasteiger partial charge in [-0.25, -0.2) is 0 Å². The molecule has 3 heterocycles. The average Bonchev–Trinajstić information content (AvgIpc) is 3.13. The molecule has 0 spiro atoms. The summed E-state index contributed by atoms with van der Waals surface area (Å²) in [5.74, 6) is 0.628. The molecule has 28 heavy (non-hydrogen) atoms. The third kappa shape index (κ3) is 3.42. The molecule has 1 aliphatic rings. The van der Waals surface area contributed by atoms with Gasteiger partial charge >= 0.3 is 6.18 Å². The van der Waals surface area contributed by atoms with Crippen molar-refractivity contribution in [3.63, 3.8) is 0 Å². The van der Waals surface area contributed by atoms with E-state index in [-0.39, 0.29) is 6.04 Å². The number of hydrogen-bond acceptors (Lipinski definition) is 5. The summed E-state index contributed by atoms with van der Waals surface area (Å²) in [5, 5.41) is 23.2. The fourth-order valence-electron chi connectivity index (χ4n) is 3.80. The van der Waals surface area contributed by atoms with Crippen LogP contribution in [0, 0.1) is 13.8 Å². The van der Waals surface area contributed by atoms with E-state index in [0.717, 1.165) is 43.5 Å². The zero-order chi connectivity index (χ0) is 19.9. The number of anilines is 1. The smallest absolute Gasteiger partial charge is 0.364 e. The van der Waals surface area contributed by atoms with Gasteiger partial charge in [0.2, 0.25) is 0 Å². The van der Waals surface area contributed by atoms with Gasteiger partial charge in [-0.1, -0.05) is 0 Å². The van der Waals surface area contributed by atoms with Crippen molar-refractivity contribution < 1.29 is 13.2 Å². The van der Waals surface area contributed by atoms with Gasteiger partial charge in [-0.2, -0.15) is 18.3 Å². The standard InChI is InChI=1S/C19H21F3N6/c1-10-6-12(19(20,21)22)7-11(2)15(10)17-16-14(9-24-26-16)18(28-27-17)25-13-4-3-5-23-8-13/h6-7,9,13,23H,3-5,8H2,1-2H3,(H,24,26)(H,25,28). The molecule has 1 saturated heterocycles. The van der Waals surface area contributed by atoms with E-state index in [1.165, 1.54) is 0 Å². The molecule has 0 bridgehead atoms. The largest absolute Gasteiger partial charge is 0.416 e. The summed E-state index contributed by atoms with van der Waals surface area (Å²) in [7, 11) is 0. The Morgan fingerprint density at radius 2 is 1.89 bits per heavy atom. The zero-order valence-corrected chi connectivity index (χ0v) is 15.6. The van der Waals surface area contributed by atoms with Crippen LogP contribution in [-0.4, -0.2) is 39.5 Å². The minimum Gasteiger partial charge on any atom is -0.364 e. The van der Waals surface area contributed by atoms with Crippen LogP contribution in [0.3, 0.4) is 0 Å². The second-order valence-corrected chi connectivity index (χ2v) is 7.23. The van der Waals surface area contributed by atoms with Gasteiger partial charge < -0.3 is 10.6 Å². The van der Waals surface area contributed by atoms with Crippen molar-refractivity contribution in [1.82, 2.24) is 25.7 Å². The van der Waals surface area contributed by atoms with Crippen LogP contribution in [0.2, 0.25) is 0 Å². The number of alkyl halides is 3. The van der Waals surface area contributed by atoms with Crippen LogP contribution in [0.15, 0.2) is 18.3 Å². The van der Waals surface area contributed by atoms with Crippen LogP contribution in [0.25, 0.3) is 22.2 Å². The van der Waals surface area contributed by atoms with Crippen LogP contribution in [-0.2, 0) is 6.18 Å². The molecule has 3 aromatic rings. The third-order valence-corrected chi connectivity index (χ3v) is 5.12. The second-order valence-electron chi connectivity index (χ2n) is 7.23. The van der Waals surface area contributed by atoms with E-state index in [9.17, 15) is 13.2 Å². The summed E-state index contributed by atoms with van der Waals surface area (Å²) < 4.78 is 39.3. The van der Waals surface area contributed by atoms with Gasteiger partial charge in [-0.3, -0.25) is 5.10 Å². The number of benzene rings is 1. The maximum Gasteiger partial charge on any atom is 0.416 e. The minimum absolute atomic E-state index is 0.251. The lowest BCUT2D eigenvalue weighted by atomic mass is 9.95. The Labute approximate surface area is 159 Å². The number of nitrogens with one attached hydrogen (secondary N) is 3. The molecule has 1 aliphatic heterocycles. The molecule has 148 valence electrons. The van der Waals surface area contributed by atoms with Gasteiger partial charge in [0.15, 0.2) is 5.82 Å². The fraction of sp³-hybridized carbons (Fsp3) is 0.421. The summed E-state index contributed by atoms with van der Waals surface area (Å²) in [6.07, 6.45) is -0.597. The SMILES string of the molecule is Cc1cc(C(F)(F)F)cc(C)c1-c1nnc(NC2CCCNC2)c2cn[nH]c12. The van der Waals surface area contributed by atoms with Gasteiger partial charge in [-0.15, -0.1) is 10.2 Å². The zero-order valence-electron chi connectivity index (χ0n) is 15.6. The van der Waals surface area contributed by atoms with Gasteiger partial charge in [0.1, 0.15) is 5.69 Å². The Morgan fingerprint density at radius 1 is 1.14 bits per heavy atom. The molecule has 4 rings (SSSR count). The fourth-order valence-corrected chi connectivity index (χ4v) is 3.80. The summed E-state index contributed by atoms with van der Waals surface area (Å²) in [5.41, 5.74) is 2.13. The number of aryl methyl sites for hydroxylation is 2. The molecule has 1 aromatic carbocycles. The highest BCUT2D eigenvalue weighted by molar-refractivity contribution is 5.98. The van der Waals surface area contributed by atoms with Crippen LogP contribution in [0.1, 0.15) is 29.5 Å². The maximum absolute atomic E-state index is 13.1. The lowest BCUT2D eigenvalue weighted by molar-refractivity contribution is -0.137. The molecule has 0 aliphatic carbocycles. The molecular weight excluding hydrogens is 369 g/mol. The summed E-state index contributed by atoms with van der Waals surface area (Å²) in [4.78, 5) is 0. The van der Waals surface area contributed by atoms with Crippen molar-refractivity contribution in [3.05, 3.63) is 35.0 Å². The van der Waals surface area contributed by atoms with Crippen molar-refractivity contribution in [2.75, 3.05) is 18.4 Å². The summed E-state index contributed by atoms with van der Waals surface area (Å²) in [6, 6.07) is 2.54. The Bertz CT molecular complexity index is 982. The lowest BCUT2D eigenvalue weighted by Gasteiger charge is -2.24. The highest BCUT2D eigenvalue weighted by atomic mass is 19.4. The number of H-pyrrole nitrogens is 1. The monoisotopic (exact) mass is 390 g/mol. The number of halogens is 3. The van der Waals surface area contributed by atoms with Gasteiger partial charge in [0.25, 0.3) is 0 Å². The van der Waals surface area contributed by atoms with Crippen molar-refractivity contribution in [2.45, 2.75) is 38.9 Å². The van der Waals surface area contributed by atoms with Crippen molar-refractivity contribution in [3.8, 4) is 11.3 Å². The van der Waals surface area contributed by atoms with E-state index in [1.807, 2.05) is 0 Å². The molecule has 3 N–H and O–H groups in total. The second kappa shape index (κ2) is 7.05. The number of piperidine rings is 1. The average molecular weight is 390 g/mol. The number of rotatable bonds is 3. The number of aromatic amines is 1. The molecule has 1 atom stereocenters. The highest BCUT2D eigenvalue weighted by Crippen LogP contribution is 2.37. The van der Waals surface area contributed by atoms with E-state index in [2.05, 4.69) is 31.0 Å². The van der Waals surface area contributed by atoms with Gasteiger partial charge in [-0.05, 0) is 56.5 Å². The summed E-state index contributed by atoms with van der Waals surface area (Å²) in [6.45, 7) is 5.17. The van der Waals surface area contributed by atoms with Gasteiger partial charge in [0, 0.05) is 18.2 Å². The first kappa shape index (κ1) is 18.7. The Balaban J connectivity index is 1.76. The first-order valence-electron chi connectivity index (χ1n) is 9.20. The molecule has 9 heteroatoms. The first-order chi connectivity index (χ1) is 13.3. The number of fused-ring (bicyclic) bond motifs is 1. The first-order valence-corrected chi connectivity index (χ1v) is 9.20. The van der Waals surface area contributed by atoms with E-state index >= 15 is 0 Å². The Morgan fingerprint density at radius 3 is 2.54 bits per heavy atom. The van der Waals surface area contributed by atoms with Crippen LogP contribution >= 0.6 is 0 Å². The van der Waals surface area contributed by atoms with E-state index < -0.39 is 11.7 Å². The quantitative estimate of drug-likeness (QED) is 0.634. The molecule has 1 unspecified atom stereocenters. The van der Waals surface area contributed by atoms with Gasteiger partial charge in [0.05, 0.1) is 22.7 Å². The Hall–Kier alpha value is -2.68.